The molecule has 1 aromatic carbocycles. The first-order valence-corrected chi connectivity index (χ1v) is 10.5. The molecule has 0 spiro atoms. The molecule has 0 bridgehead atoms. The number of piperazine rings is 1. The molecule has 0 radical (unpaired) electrons. The van der Waals surface area contributed by atoms with Crippen molar-refractivity contribution in [2.45, 2.75) is 20.4 Å². The number of pyridine rings is 1. The quantitative estimate of drug-likeness (QED) is 0.437. The summed E-state index contributed by atoms with van der Waals surface area (Å²) in [6.45, 7) is 6.11. The number of hydrogen-bond acceptors (Lipinski definition) is 7. The Kier molecular flexibility index (Phi) is 6.04. The van der Waals surface area contributed by atoms with Crippen LogP contribution >= 0.6 is 0 Å². The average Bonchev–Trinajstić information content (AvgIpc) is 3.12. The molecule has 0 aliphatic carbocycles. The van der Waals surface area contributed by atoms with Crippen LogP contribution in [0.25, 0.3) is 0 Å². The van der Waals surface area contributed by atoms with E-state index in [1.54, 1.807) is 49.0 Å². The monoisotopic (exact) mass is 445 g/mol. The van der Waals surface area contributed by atoms with Crippen molar-refractivity contribution in [1.29, 1.82) is 5.26 Å². The van der Waals surface area contributed by atoms with Crippen LogP contribution in [-0.2, 0) is 6.54 Å². The van der Waals surface area contributed by atoms with Crippen LogP contribution in [0, 0.1) is 35.3 Å². The van der Waals surface area contributed by atoms with Crippen molar-refractivity contribution in [2.24, 2.45) is 0 Å². The third-order valence-corrected chi connectivity index (χ3v) is 5.82. The molecule has 0 atom stereocenters. The SMILES string of the molecule is Cc1nn(Cc2ccc(C(=O)N3CCN(c4cc(C#N)ccn4)CC3)cc2)c(C)c1[N+](=O)[O-]. The summed E-state index contributed by atoms with van der Waals surface area (Å²) >= 11 is 0. The number of benzene rings is 1. The molecule has 1 fully saturated rings. The van der Waals surface area contributed by atoms with Gasteiger partial charge in [-0.15, -0.1) is 0 Å². The van der Waals surface area contributed by atoms with Gasteiger partial charge in [-0.3, -0.25) is 19.6 Å². The Labute approximate surface area is 190 Å². The lowest BCUT2D eigenvalue weighted by molar-refractivity contribution is -0.386. The third kappa shape index (κ3) is 4.52. The summed E-state index contributed by atoms with van der Waals surface area (Å²) in [4.78, 5) is 31.9. The zero-order chi connectivity index (χ0) is 23.5. The van der Waals surface area contributed by atoms with Gasteiger partial charge in [-0.1, -0.05) is 12.1 Å². The van der Waals surface area contributed by atoms with E-state index in [1.165, 1.54) is 0 Å². The molecule has 2 aromatic heterocycles. The van der Waals surface area contributed by atoms with E-state index >= 15 is 0 Å². The van der Waals surface area contributed by atoms with Gasteiger partial charge in [0.25, 0.3) is 5.91 Å². The first-order chi connectivity index (χ1) is 15.9. The fourth-order valence-corrected chi connectivity index (χ4v) is 4.01. The van der Waals surface area contributed by atoms with Gasteiger partial charge in [-0.25, -0.2) is 4.98 Å². The van der Waals surface area contributed by atoms with Crippen molar-refractivity contribution in [2.75, 3.05) is 31.1 Å². The van der Waals surface area contributed by atoms with Crippen molar-refractivity contribution in [1.82, 2.24) is 19.7 Å². The molecule has 4 rings (SSSR count). The number of amides is 1. The molecule has 1 saturated heterocycles. The number of nitro groups is 1. The number of nitrogens with zero attached hydrogens (tertiary/aromatic N) is 7. The van der Waals surface area contributed by atoms with Gasteiger partial charge in [-0.2, -0.15) is 10.4 Å². The number of aryl methyl sites for hydroxylation is 1. The molecule has 1 aliphatic rings. The zero-order valence-electron chi connectivity index (χ0n) is 18.4. The van der Waals surface area contributed by atoms with Crippen molar-refractivity contribution >= 4 is 17.4 Å². The summed E-state index contributed by atoms with van der Waals surface area (Å²) in [5, 5.41) is 24.5. The third-order valence-electron chi connectivity index (χ3n) is 5.82. The minimum absolute atomic E-state index is 0.0375. The Morgan fingerprint density at radius 2 is 1.85 bits per heavy atom. The number of carbonyl (C=O) groups excluding carboxylic acids is 1. The molecule has 10 nitrogen and oxygen atoms in total. The largest absolute Gasteiger partial charge is 0.353 e. The minimum Gasteiger partial charge on any atom is -0.353 e. The Morgan fingerprint density at radius 3 is 2.45 bits per heavy atom. The number of nitriles is 1. The highest BCUT2D eigenvalue weighted by Gasteiger charge is 2.24. The Morgan fingerprint density at radius 1 is 1.15 bits per heavy atom. The van der Waals surface area contributed by atoms with E-state index in [2.05, 4.69) is 21.1 Å². The maximum atomic E-state index is 12.9. The van der Waals surface area contributed by atoms with E-state index < -0.39 is 4.92 Å². The predicted molar refractivity (Wildman–Crippen MR) is 121 cm³/mol. The van der Waals surface area contributed by atoms with Gasteiger partial charge in [0, 0.05) is 37.9 Å². The van der Waals surface area contributed by atoms with Crippen LogP contribution in [0.1, 0.15) is 32.9 Å². The smallest absolute Gasteiger partial charge is 0.312 e. The van der Waals surface area contributed by atoms with Crippen LogP contribution in [-0.4, -0.2) is 56.7 Å². The zero-order valence-corrected chi connectivity index (χ0v) is 18.4. The lowest BCUT2D eigenvalue weighted by Gasteiger charge is -2.35. The molecule has 3 heterocycles. The van der Waals surface area contributed by atoms with E-state index in [4.69, 9.17) is 5.26 Å². The van der Waals surface area contributed by atoms with Crippen LogP contribution in [0.15, 0.2) is 42.6 Å². The topological polar surface area (TPSA) is 121 Å². The van der Waals surface area contributed by atoms with Gasteiger partial charge in [0.2, 0.25) is 0 Å². The number of aromatic nitrogens is 3. The summed E-state index contributed by atoms with van der Waals surface area (Å²) in [6, 6.07) is 12.8. The van der Waals surface area contributed by atoms with Crippen molar-refractivity contribution in [3.63, 3.8) is 0 Å². The van der Waals surface area contributed by atoms with Gasteiger partial charge in [0.05, 0.1) is 23.1 Å². The van der Waals surface area contributed by atoms with Crippen molar-refractivity contribution < 1.29 is 9.72 Å². The van der Waals surface area contributed by atoms with Crippen LogP contribution in [0.5, 0.6) is 0 Å². The highest BCUT2D eigenvalue weighted by molar-refractivity contribution is 5.94. The van der Waals surface area contributed by atoms with Gasteiger partial charge < -0.3 is 9.80 Å². The number of rotatable bonds is 5. The van der Waals surface area contributed by atoms with E-state index in [-0.39, 0.29) is 11.6 Å². The number of hydrogen-bond donors (Lipinski definition) is 0. The molecule has 10 heteroatoms. The molecular weight excluding hydrogens is 422 g/mol. The molecule has 168 valence electrons. The normalized spacial score (nSPS) is 13.6. The summed E-state index contributed by atoms with van der Waals surface area (Å²) in [6.07, 6.45) is 1.62. The van der Waals surface area contributed by atoms with Gasteiger partial charge in [0.1, 0.15) is 17.2 Å². The summed E-state index contributed by atoms with van der Waals surface area (Å²) in [7, 11) is 0. The first kappa shape index (κ1) is 22.0. The highest BCUT2D eigenvalue weighted by Crippen LogP contribution is 2.23. The minimum atomic E-state index is -0.411. The molecular formula is C23H23N7O3. The van der Waals surface area contributed by atoms with Crippen LogP contribution < -0.4 is 4.90 Å². The highest BCUT2D eigenvalue weighted by atomic mass is 16.6. The van der Waals surface area contributed by atoms with Gasteiger partial charge in [0.15, 0.2) is 0 Å². The Bertz CT molecular complexity index is 1240. The average molecular weight is 445 g/mol. The Balaban J connectivity index is 1.39. The molecule has 0 saturated carbocycles. The second kappa shape index (κ2) is 9.08. The van der Waals surface area contributed by atoms with Crippen molar-refractivity contribution in [3.8, 4) is 6.07 Å². The summed E-state index contributed by atoms with van der Waals surface area (Å²) < 4.78 is 1.61. The van der Waals surface area contributed by atoms with E-state index in [0.29, 0.717) is 55.2 Å². The van der Waals surface area contributed by atoms with E-state index in [9.17, 15) is 14.9 Å². The van der Waals surface area contributed by atoms with Crippen LogP contribution in [0.3, 0.4) is 0 Å². The van der Waals surface area contributed by atoms with E-state index in [0.717, 1.165) is 11.4 Å². The van der Waals surface area contributed by atoms with Gasteiger partial charge in [-0.05, 0) is 43.7 Å². The first-order valence-electron chi connectivity index (χ1n) is 10.5. The standard InChI is InChI=1S/C23H23N7O3/c1-16-22(30(32)33)17(2)29(26-16)15-18-3-5-20(6-4-18)23(31)28-11-9-27(10-12-28)21-13-19(14-24)7-8-25-21/h3-8,13H,9-12,15H2,1-2H3. The molecule has 33 heavy (non-hydrogen) atoms. The summed E-state index contributed by atoms with van der Waals surface area (Å²) in [5.74, 6) is 0.705. The predicted octanol–water partition coefficient (Wildman–Crippen LogP) is 2.69. The number of carbonyl (C=O) groups is 1. The fourth-order valence-electron chi connectivity index (χ4n) is 4.01. The molecule has 0 N–H and O–H groups in total. The van der Waals surface area contributed by atoms with Gasteiger partial charge >= 0.3 is 5.69 Å². The van der Waals surface area contributed by atoms with Crippen LogP contribution in [0.4, 0.5) is 11.5 Å². The second-order valence-electron chi connectivity index (χ2n) is 7.92. The van der Waals surface area contributed by atoms with Crippen molar-refractivity contribution in [3.05, 3.63) is 80.8 Å². The lowest BCUT2D eigenvalue weighted by Crippen LogP contribution is -2.49. The maximum absolute atomic E-state index is 12.9. The molecule has 3 aromatic rings. The van der Waals surface area contributed by atoms with Crippen LogP contribution in [0.2, 0.25) is 0 Å². The maximum Gasteiger partial charge on any atom is 0.312 e. The second-order valence-corrected chi connectivity index (χ2v) is 7.92. The number of anilines is 1. The fraction of sp³-hybridized carbons (Fsp3) is 0.304. The molecule has 0 unspecified atom stereocenters. The lowest BCUT2D eigenvalue weighted by atomic mass is 10.1. The Hall–Kier alpha value is -4.26. The summed E-state index contributed by atoms with van der Waals surface area (Å²) in [5.41, 5.74) is 2.99. The molecule has 1 aliphatic heterocycles. The molecule has 1 amide bonds. The van der Waals surface area contributed by atoms with E-state index in [1.807, 2.05) is 17.0 Å².